The van der Waals surface area contributed by atoms with Crippen LogP contribution in [0.5, 0.6) is 0 Å². The number of hydrogen-bond donors (Lipinski definition) is 1. The van der Waals surface area contributed by atoms with Crippen molar-refractivity contribution in [2.75, 3.05) is 45.9 Å². The first-order valence-electron chi connectivity index (χ1n) is 5.17. The summed E-state index contributed by atoms with van der Waals surface area (Å²) in [5, 5.41) is 3.25. The minimum atomic E-state index is -0.505. The minimum Gasteiger partial charge on any atom is -0.439 e. The Morgan fingerprint density at radius 3 is 2.44 bits per heavy atom. The third kappa shape index (κ3) is 3.07. The van der Waals surface area contributed by atoms with E-state index in [1.54, 1.807) is 0 Å². The molecule has 0 aromatic heterocycles. The molecule has 6 nitrogen and oxygen atoms in total. The molecule has 0 saturated carbocycles. The van der Waals surface area contributed by atoms with Crippen molar-refractivity contribution in [2.45, 2.75) is 0 Å². The van der Waals surface area contributed by atoms with Crippen molar-refractivity contribution in [1.82, 2.24) is 15.1 Å². The molecule has 92 valence electrons. The van der Waals surface area contributed by atoms with Crippen LogP contribution in [-0.2, 0) is 9.53 Å². The van der Waals surface area contributed by atoms with E-state index in [0.717, 1.165) is 32.7 Å². The number of carbonyl (C=O) groups excluding carboxylic acids is 2. The number of cyclic esters (lactones) is 1. The molecule has 2 aliphatic heterocycles. The fraction of sp³-hybridized carbons (Fsp3) is 0.778. The third-order valence-corrected chi connectivity index (χ3v) is 2.69. The quantitative estimate of drug-likeness (QED) is 0.716. The van der Waals surface area contributed by atoms with Gasteiger partial charge in [-0.2, -0.15) is 0 Å². The van der Waals surface area contributed by atoms with Crippen LogP contribution in [0.25, 0.3) is 0 Å². The number of rotatable bonds is 3. The van der Waals surface area contributed by atoms with Gasteiger partial charge in [-0.15, -0.1) is 12.4 Å². The van der Waals surface area contributed by atoms with Gasteiger partial charge in [-0.1, -0.05) is 0 Å². The zero-order chi connectivity index (χ0) is 10.7. The second-order valence-electron chi connectivity index (χ2n) is 3.69. The number of piperazine rings is 1. The SMILES string of the molecule is Cl.O=C1COC(=O)N1CCN1CCNCC1. The van der Waals surface area contributed by atoms with E-state index in [4.69, 9.17) is 0 Å². The summed E-state index contributed by atoms with van der Waals surface area (Å²) in [5.41, 5.74) is 0. The topological polar surface area (TPSA) is 61.9 Å². The molecule has 2 amide bonds. The van der Waals surface area contributed by atoms with Crippen LogP contribution in [0.15, 0.2) is 0 Å². The summed E-state index contributed by atoms with van der Waals surface area (Å²) in [4.78, 5) is 25.7. The lowest BCUT2D eigenvalue weighted by atomic mass is 10.3. The molecule has 0 unspecified atom stereocenters. The van der Waals surface area contributed by atoms with Gasteiger partial charge in [0, 0.05) is 39.3 Å². The predicted molar refractivity (Wildman–Crippen MR) is 59.6 cm³/mol. The molecular weight excluding hydrogens is 234 g/mol. The first kappa shape index (κ1) is 13.2. The van der Waals surface area contributed by atoms with Crippen LogP contribution >= 0.6 is 12.4 Å². The molecule has 0 bridgehead atoms. The Labute approximate surface area is 100 Å². The molecule has 16 heavy (non-hydrogen) atoms. The molecule has 0 spiro atoms. The number of amides is 2. The highest BCUT2D eigenvalue weighted by Gasteiger charge is 2.30. The van der Waals surface area contributed by atoms with Crippen molar-refractivity contribution in [1.29, 1.82) is 0 Å². The molecule has 0 radical (unpaired) electrons. The molecule has 0 aliphatic carbocycles. The Morgan fingerprint density at radius 2 is 1.88 bits per heavy atom. The first-order chi connectivity index (χ1) is 7.27. The second kappa shape index (κ2) is 6.03. The largest absolute Gasteiger partial charge is 0.439 e. The van der Waals surface area contributed by atoms with Gasteiger partial charge < -0.3 is 10.1 Å². The highest BCUT2D eigenvalue weighted by atomic mass is 35.5. The van der Waals surface area contributed by atoms with Crippen molar-refractivity contribution in [2.24, 2.45) is 0 Å². The summed E-state index contributed by atoms with van der Waals surface area (Å²) < 4.78 is 4.62. The van der Waals surface area contributed by atoms with Gasteiger partial charge in [-0.05, 0) is 0 Å². The van der Waals surface area contributed by atoms with Crippen LogP contribution in [0, 0.1) is 0 Å². The van der Waals surface area contributed by atoms with Crippen molar-refractivity contribution >= 4 is 24.4 Å². The lowest BCUT2D eigenvalue weighted by molar-refractivity contribution is -0.126. The molecule has 2 heterocycles. The Hall–Kier alpha value is -0.850. The Bertz CT molecular complexity index is 253. The number of ether oxygens (including phenoxy) is 1. The fourth-order valence-electron chi connectivity index (χ4n) is 1.77. The van der Waals surface area contributed by atoms with E-state index in [1.807, 2.05) is 0 Å². The summed E-state index contributed by atoms with van der Waals surface area (Å²) in [7, 11) is 0. The highest BCUT2D eigenvalue weighted by Crippen LogP contribution is 2.05. The van der Waals surface area contributed by atoms with E-state index in [1.165, 1.54) is 4.90 Å². The number of imide groups is 1. The molecule has 2 rings (SSSR count). The van der Waals surface area contributed by atoms with Gasteiger partial charge in [0.05, 0.1) is 0 Å². The van der Waals surface area contributed by atoms with E-state index >= 15 is 0 Å². The molecule has 7 heteroatoms. The number of carbonyl (C=O) groups is 2. The number of nitrogens with one attached hydrogen (secondary N) is 1. The van der Waals surface area contributed by atoms with Gasteiger partial charge in [-0.25, -0.2) is 9.69 Å². The zero-order valence-electron chi connectivity index (χ0n) is 8.98. The van der Waals surface area contributed by atoms with Crippen molar-refractivity contribution in [3.63, 3.8) is 0 Å². The lowest BCUT2D eigenvalue weighted by Crippen LogP contribution is -2.46. The second-order valence-corrected chi connectivity index (χ2v) is 3.69. The lowest BCUT2D eigenvalue weighted by Gasteiger charge is -2.27. The van der Waals surface area contributed by atoms with Crippen molar-refractivity contribution in [3.05, 3.63) is 0 Å². The van der Waals surface area contributed by atoms with E-state index in [-0.39, 0.29) is 24.9 Å². The Balaban J connectivity index is 0.00000128. The van der Waals surface area contributed by atoms with Crippen LogP contribution in [0.4, 0.5) is 4.79 Å². The van der Waals surface area contributed by atoms with Gasteiger partial charge in [-0.3, -0.25) is 9.69 Å². The van der Waals surface area contributed by atoms with Crippen molar-refractivity contribution < 1.29 is 14.3 Å². The van der Waals surface area contributed by atoms with Gasteiger partial charge in [0.15, 0.2) is 6.61 Å². The molecule has 0 aromatic rings. The summed E-state index contributed by atoms with van der Waals surface area (Å²) in [6, 6.07) is 0. The molecule has 0 aromatic carbocycles. The molecular formula is C9H16ClN3O3. The van der Waals surface area contributed by atoms with Crippen LogP contribution in [0.3, 0.4) is 0 Å². The molecule has 0 atom stereocenters. The summed E-state index contributed by atoms with van der Waals surface area (Å²) in [5.74, 6) is -0.227. The van der Waals surface area contributed by atoms with Gasteiger partial charge in [0.25, 0.3) is 5.91 Å². The standard InChI is InChI=1S/C9H15N3O3.ClH/c13-8-7-15-9(14)12(8)6-5-11-3-1-10-2-4-11;/h10H,1-7H2;1H. The summed E-state index contributed by atoms with van der Waals surface area (Å²) in [6.45, 7) is 4.96. The van der Waals surface area contributed by atoms with Gasteiger partial charge >= 0.3 is 6.09 Å². The number of halogens is 1. The predicted octanol–water partition coefficient (Wildman–Crippen LogP) is -0.708. The van der Waals surface area contributed by atoms with Crippen LogP contribution in [0.1, 0.15) is 0 Å². The van der Waals surface area contributed by atoms with E-state index in [9.17, 15) is 9.59 Å². The Kier molecular flexibility index (Phi) is 4.98. The fourth-order valence-corrected chi connectivity index (χ4v) is 1.77. The van der Waals surface area contributed by atoms with E-state index < -0.39 is 6.09 Å². The number of hydrogen-bond acceptors (Lipinski definition) is 5. The van der Waals surface area contributed by atoms with E-state index in [2.05, 4.69) is 15.0 Å². The maximum atomic E-state index is 11.2. The zero-order valence-corrected chi connectivity index (χ0v) is 9.79. The average molecular weight is 250 g/mol. The van der Waals surface area contributed by atoms with Gasteiger partial charge in [0.1, 0.15) is 0 Å². The normalized spacial score (nSPS) is 21.9. The molecule has 2 saturated heterocycles. The summed E-state index contributed by atoms with van der Waals surface area (Å²) >= 11 is 0. The first-order valence-corrected chi connectivity index (χ1v) is 5.17. The average Bonchev–Trinajstić information content (AvgIpc) is 2.58. The van der Waals surface area contributed by atoms with Crippen LogP contribution < -0.4 is 5.32 Å². The smallest absolute Gasteiger partial charge is 0.417 e. The maximum Gasteiger partial charge on any atom is 0.417 e. The molecule has 2 fully saturated rings. The van der Waals surface area contributed by atoms with Gasteiger partial charge in [0.2, 0.25) is 0 Å². The minimum absolute atomic E-state index is 0. The highest BCUT2D eigenvalue weighted by molar-refractivity contribution is 5.97. The third-order valence-electron chi connectivity index (χ3n) is 2.69. The maximum absolute atomic E-state index is 11.2. The Morgan fingerprint density at radius 1 is 1.19 bits per heavy atom. The van der Waals surface area contributed by atoms with E-state index in [0.29, 0.717) is 6.54 Å². The monoisotopic (exact) mass is 249 g/mol. The number of nitrogens with zero attached hydrogens (tertiary/aromatic N) is 2. The summed E-state index contributed by atoms with van der Waals surface area (Å²) in [6.07, 6.45) is -0.505. The van der Waals surface area contributed by atoms with Crippen molar-refractivity contribution in [3.8, 4) is 0 Å². The van der Waals surface area contributed by atoms with Crippen LogP contribution in [0.2, 0.25) is 0 Å². The molecule has 2 aliphatic rings. The van der Waals surface area contributed by atoms with Crippen LogP contribution in [-0.4, -0.2) is 67.7 Å². The molecule has 1 N–H and O–H groups in total.